The Balaban J connectivity index is 2.68. The number of hydrogen-bond donors (Lipinski definition) is 0. The van der Waals surface area contributed by atoms with Crippen molar-refractivity contribution in [3.63, 3.8) is 0 Å². The molecule has 4 heteroatoms. The van der Waals surface area contributed by atoms with Gasteiger partial charge in [-0.25, -0.2) is 0 Å². The van der Waals surface area contributed by atoms with Crippen LogP contribution in [0.4, 0.5) is 0 Å². The van der Waals surface area contributed by atoms with Crippen LogP contribution in [0, 0.1) is 11.8 Å². The van der Waals surface area contributed by atoms with Gasteiger partial charge in [0.2, 0.25) is 0 Å². The van der Waals surface area contributed by atoms with Crippen LogP contribution in [0.3, 0.4) is 0 Å². The molecule has 0 saturated carbocycles. The number of methoxy groups -OCH3 is 1. The number of carbonyl (C=O) groups excluding carboxylic acids is 2. The molecule has 2 unspecified atom stereocenters. The zero-order valence-electron chi connectivity index (χ0n) is 10.1. The maximum absolute atomic E-state index is 11.9. The number of rotatable bonds is 5. The topological polar surface area (TPSA) is 43.4 Å². The molecular weight excluding hydrogens is 331 g/mol. The van der Waals surface area contributed by atoms with Crippen molar-refractivity contribution < 1.29 is 14.3 Å². The first-order valence-corrected chi connectivity index (χ1v) is 6.81. The molecule has 94 valence electrons. The van der Waals surface area contributed by atoms with Gasteiger partial charge in [-0.15, -0.1) is 0 Å². The number of carbonyl (C=O) groups is 2. The van der Waals surface area contributed by atoms with Gasteiger partial charge in [0, 0.05) is 5.92 Å². The molecule has 1 aliphatic rings. The van der Waals surface area contributed by atoms with E-state index in [9.17, 15) is 9.59 Å². The van der Waals surface area contributed by atoms with Crippen LogP contribution in [0.5, 0.6) is 0 Å². The van der Waals surface area contributed by atoms with E-state index in [1.54, 1.807) is 0 Å². The van der Waals surface area contributed by atoms with E-state index in [0.717, 1.165) is 10.0 Å². The highest BCUT2D eigenvalue weighted by atomic mass is 127. The van der Waals surface area contributed by atoms with Gasteiger partial charge in [0.05, 0.1) is 17.1 Å². The van der Waals surface area contributed by atoms with Gasteiger partial charge >= 0.3 is 5.97 Å². The van der Waals surface area contributed by atoms with Crippen LogP contribution in [0.25, 0.3) is 0 Å². The molecule has 0 radical (unpaired) electrons. The molecule has 0 N–H and O–H groups in total. The Morgan fingerprint density at radius 2 is 2.24 bits per heavy atom. The molecule has 0 aromatic rings. The lowest BCUT2D eigenvalue weighted by Gasteiger charge is -2.14. The van der Waals surface area contributed by atoms with E-state index in [0.29, 0.717) is 12.8 Å². The van der Waals surface area contributed by atoms with Crippen molar-refractivity contribution in [2.75, 3.05) is 7.11 Å². The molecule has 1 rings (SSSR count). The first kappa shape index (κ1) is 14.4. The third kappa shape index (κ3) is 3.94. The van der Waals surface area contributed by atoms with Crippen LogP contribution in [0.15, 0.2) is 21.8 Å². The van der Waals surface area contributed by atoms with Crippen LogP contribution >= 0.6 is 22.6 Å². The van der Waals surface area contributed by atoms with E-state index in [1.165, 1.54) is 7.11 Å². The van der Waals surface area contributed by atoms with Crippen molar-refractivity contribution in [3.05, 3.63) is 21.8 Å². The van der Waals surface area contributed by atoms with Gasteiger partial charge in [0.1, 0.15) is 0 Å². The fourth-order valence-electron chi connectivity index (χ4n) is 1.93. The summed E-state index contributed by atoms with van der Waals surface area (Å²) in [5.41, 5.74) is 0. The Morgan fingerprint density at radius 3 is 2.82 bits per heavy atom. The zero-order valence-corrected chi connectivity index (χ0v) is 12.3. The minimum atomic E-state index is -0.255. The number of hydrogen-bond acceptors (Lipinski definition) is 3. The number of Topliss-reactive ketones (excluding diaryl/α,β-unsaturated/α-hetero) is 1. The summed E-state index contributed by atoms with van der Waals surface area (Å²) in [6, 6.07) is 0. The minimum absolute atomic E-state index is 0.0108. The molecular formula is C13H17IO3. The molecule has 0 aromatic carbocycles. The van der Waals surface area contributed by atoms with Gasteiger partial charge in [-0.05, 0) is 41.4 Å². The lowest BCUT2D eigenvalue weighted by Crippen LogP contribution is -2.19. The van der Waals surface area contributed by atoms with Gasteiger partial charge in [-0.2, -0.15) is 0 Å². The summed E-state index contributed by atoms with van der Waals surface area (Å²) in [6.45, 7) is 2.06. The van der Waals surface area contributed by atoms with Crippen molar-refractivity contribution in [1.82, 2.24) is 0 Å². The first-order chi connectivity index (χ1) is 8.10. The summed E-state index contributed by atoms with van der Waals surface area (Å²) >= 11 is 2.04. The summed E-state index contributed by atoms with van der Waals surface area (Å²) in [6.07, 6.45) is 7.93. The van der Waals surface area contributed by atoms with Crippen LogP contribution in [-0.4, -0.2) is 18.9 Å². The Labute approximate surface area is 115 Å². The lowest BCUT2D eigenvalue weighted by atomic mass is 9.89. The third-order valence-corrected chi connectivity index (χ3v) is 3.76. The second-order valence-corrected chi connectivity index (χ2v) is 5.21. The average molecular weight is 348 g/mol. The molecule has 3 nitrogen and oxygen atoms in total. The van der Waals surface area contributed by atoms with E-state index < -0.39 is 0 Å². The highest BCUT2D eigenvalue weighted by Gasteiger charge is 2.35. The van der Waals surface area contributed by atoms with Gasteiger partial charge in [-0.3, -0.25) is 9.59 Å². The minimum Gasteiger partial charge on any atom is -0.469 e. The standard InChI is InChI=1S/C13H17IO3/c1-3-4-5-6-10-9(8-12(15)17-2)7-11(14)13(10)16/h4-5,7,9-10H,3,6,8H2,1-2H3/b5-4-. The predicted octanol–water partition coefficient (Wildman–Crippen LogP) is 3.04. The molecule has 1 aliphatic carbocycles. The number of ketones is 1. The van der Waals surface area contributed by atoms with E-state index in [1.807, 2.05) is 40.8 Å². The molecule has 0 bridgehead atoms. The summed E-state index contributed by atoms with van der Waals surface area (Å²) in [5.74, 6) is -0.206. The van der Waals surface area contributed by atoms with Crippen molar-refractivity contribution >= 4 is 34.3 Å². The molecule has 0 aromatic heterocycles. The fourth-order valence-corrected chi connectivity index (χ4v) is 2.79. The highest BCUT2D eigenvalue weighted by Crippen LogP contribution is 2.35. The molecule has 0 aliphatic heterocycles. The summed E-state index contributed by atoms with van der Waals surface area (Å²) < 4.78 is 5.40. The second kappa shape index (κ2) is 6.93. The first-order valence-electron chi connectivity index (χ1n) is 5.73. The van der Waals surface area contributed by atoms with Gasteiger partial charge < -0.3 is 4.74 Å². The van der Waals surface area contributed by atoms with Gasteiger partial charge in [0.15, 0.2) is 5.78 Å². The third-order valence-electron chi connectivity index (χ3n) is 2.87. The Hall–Kier alpha value is -0.650. The van der Waals surface area contributed by atoms with E-state index >= 15 is 0 Å². The SMILES string of the molecule is CC/C=C\CC1C(=O)C(I)=CC1CC(=O)OC. The monoisotopic (exact) mass is 348 g/mol. The normalized spacial score (nSPS) is 24.2. The summed E-state index contributed by atoms with van der Waals surface area (Å²) in [7, 11) is 1.37. The quantitative estimate of drug-likeness (QED) is 0.436. The van der Waals surface area contributed by atoms with Crippen LogP contribution < -0.4 is 0 Å². The highest BCUT2D eigenvalue weighted by molar-refractivity contribution is 14.1. The maximum Gasteiger partial charge on any atom is 0.306 e. The zero-order chi connectivity index (χ0) is 12.8. The molecule has 2 atom stereocenters. The van der Waals surface area contributed by atoms with E-state index in [4.69, 9.17) is 0 Å². The Bertz CT molecular complexity index is 358. The van der Waals surface area contributed by atoms with Crippen LogP contribution in [-0.2, 0) is 14.3 Å². The summed E-state index contributed by atoms with van der Waals surface area (Å²) in [4.78, 5) is 23.2. The predicted molar refractivity (Wildman–Crippen MR) is 74.8 cm³/mol. The molecule has 0 fully saturated rings. The van der Waals surface area contributed by atoms with Crippen LogP contribution in [0.1, 0.15) is 26.2 Å². The Morgan fingerprint density at radius 1 is 1.53 bits per heavy atom. The van der Waals surface area contributed by atoms with E-state index in [2.05, 4.69) is 11.7 Å². The number of ether oxygens (including phenoxy) is 1. The number of halogens is 1. The molecule has 0 saturated heterocycles. The molecule has 0 amide bonds. The smallest absolute Gasteiger partial charge is 0.306 e. The summed E-state index contributed by atoms with van der Waals surface area (Å²) in [5, 5.41) is 0. The van der Waals surface area contributed by atoms with Crippen molar-refractivity contribution in [2.24, 2.45) is 11.8 Å². The maximum atomic E-state index is 11.9. The van der Waals surface area contributed by atoms with Gasteiger partial charge in [0.25, 0.3) is 0 Å². The molecule has 0 heterocycles. The van der Waals surface area contributed by atoms with Crippen molar-refractivity contribution in [1.29, 1.82) is 0 Å². The molecule has 0 spiro atoms. The van der Waals surface area contributed by atoms with Crippen LogP contribution in [0.2, 0.25) is 0 Å². The van der Waals surface area contributed by atoms with Crippen molar-refractivity contribution in [2.45, 2.75) is 26.2 Å². The second-order valence-electron chi connectivity index (χ2n) is 4.04. The fraction of sp³-hybridized carbons (Fsp3) is 0.538. The Kier molecular flexibility index (Phi) is 5.88. The van der Waals surface area contributed by atoms with Gasteiger partial charge in [-0.1, -0.05) is 25.2 Å². The largest absolute Gasteiger partial charge is 0.469 e. The number of esters is 1. The molecule has 17 heavy (non-hydrogen) atoms. The lowest BCUT2D eigenvalue weighted by molar-refractivity contribution is -0.141. The van der Waals surface area contributed by atoms with Crippen molar-refractivity contribution in [3.8, 4) is 0 Å². The number of allylic oxidation sites excluding steroid dienone is 4. The average Bonchev–Trinajstić information content (AvgIpc) is 2.57. The van der Waals surface area contributed by atoms with E-state index in [-0.39, 0.29) is 23.6 Å².